The van der Waals surface area contributed by atoms with Gasteiger partial charge >= 0.3 is 5.97 Å². The molecule has 0 radical (unpaired) electrons. The quantitative estimate of drug-likeness (QED) is 0.327. The zero-order chi connectivity index (χ0) is 30.0. The average Bonchev–Trinajstić information content (AvgIpc) is 3.55. The fourth-order valence-electron chi connectivity index (χ4n) is 5.48. The maximum Gasteiger partial charge on any atom is 0.304 e. The van der Waals surface area contributed by atoms with Gasteiger partial charge in [0.15, 0.2) is 5.65 Å². The number of alkyl halides is 2. The summed E-state index contributed by atoms with van der Waals surface area (Å²) in [5.41, 5.74) is 2.49. The highest BCUT2D eigenvalue weighted by Crippen LogP contribution is 2.46. The zero-order valence-electron chi connectivity index (χ0n) is 22.6. The van der Waals surface area contributed by atoms with E-state index in [1.54, 1.807) is 31.2 Å². The van der Waals surface area contributed by atoms with Crippen LogP contribution in [0.3, 0.4) is 0 Å². The van der Waals surface area contributed by atoms with E-state index in [0.717, 1.165) is 17.8 Å². The SMILES string of the molecule is Cc1ccc([C@@H](CC(=O)O)c2ccn3c(C(F)F)nnc3c2C)cc1CN1CC2(CC2)Oc2ncc(F)cc2S1(=O)=O. The second-order valence-electron chi connectivity index (χ2n) is 10.8. The molecule has 6 rings (SSSR count). The lowest BCUT2D eigenvalue weighted by molar-refractivity contribution is -0.137. The molecule has 0 bridgehead atoms. The summed E-state index contributed by atoms with van der Waals surface area (Å²) in [5, 5.41) is 17.3. The first-order valence-electron chi connectivity index (χ1n) is 13.2. The van der Waals surface area contributed by atoms with Gasteiger partial charge in [0.05, 0.1) is 19.2 Å². The zero-order valence-corrected chi connectivity index (χ0v) is 23.4. The van der Waals surface area contributed by atoms with E-state index in [2.05, 4.69) is 15.2 Å². The van der Waals surface area contributed by atoms with Crippen LogP contribution in [0.1, 0.15) is 65.2 Å². The molecule has 0 unspecified atom stereocenters. The monoisotopic (exact) mass is 601 g/mol. The van der Waals surface area contributed by atoms with Crippen LogP contribution in [0.5, 0.6) is 5.88 Å². The van der Waals surface area contributed by atoms with Crippen molar-refractivity contribution >= 4 is 21.6 Å². The van der Waals surface area contributed by atoms with E-state index in [1.807, 2.05) is 6.92 Å². The Morgan fingerprint density at radius 3 is 2.62 bits per heavy atom. The van der Waals surface area contributed by atoms with E-state index >= 15 is 0 Å². The Morgan fingerprint density at radius 1 is 1.17 bits per heavy atom. The summed E-state index contributed by atoms with van der Waals surface area (Å²) in [6.07, 6.45) is 0.404. The number of carboxylic acid groups (broad SMARTS) is 1. The molecule has 14 heteroatoms. The smallest absolute Gasteiger partial charge is 0.304 e. The van der Waals surface area contributed by atoms with Gasteiger partial charge in [-0.05, 0) is 60.6 Å². The first-order valence-corrected chi connectivity index (χ1v) is 14.6. The summed E-state index contributed by atoms with van der Waals surface area (Å²) in [7, 11) is -4.20. The van der Waals surface area contributed by atoms with Gasteiger partial charge in [-0.15, -0.1) is 10.2 Å². The number of pyridine rings is 2. The van der Waals surface area contributed by atoms with Crippen molar-refractivity contribution in [2.24, 2.45) is 0 Å². The van der Waals surface area contributed by atoms with Gasteiger partial charge in [-0.25, -0.2) is 26.6 Å². The molecule has 0 saturated heterocycles. The first-order chi connectivity index (χ1) is 19.9. The number of aryl methyl sites for hydroxylation is 2. The van der Waals surface area contributed by atoms with Crippen LogP contribution in [0.4, 0.5) is 13.2 Å². The maximum atomic E-state index is 14.1. The fraction of sp³-hybridized carbons (Fsp3) is 0.357. The molecular formula is C28H26F3N5O5S. The summed E-state index contributed by atoms with van der Waals surface area (Å²) < 4.78 is 76.6. The number of carbonyl (C=O) groups is 1. The molecule has 1 aliphatic heterocycles. The van der Waals surface area contributed by atoms with E-state index in [-0.39, 0.29) is 35.9 Å². The van der Waals surface area contributed by atoms with E-state index in [1.165, 1.54) is 14.9 Å². The van der Waals surface area contributed by atoms with Gasteiger partial charge in [-0.2, -0.15) is 4.31 Å². The molecule has 0 amide bonds. The van der Waals surface area contributed by atoms with Crippen LogP contribution in [-0.2, 0) is 21.4 Å². The van der Waals surface area contributed by atoms with Crippen LogP contribution in [0.25, 0.3) is 5.65 Å². The molecule has 1 N–H and O–H groups in total. The first kappa shape index (κ1) is 28.1. The minimum absolute atomic E-state index is 0.0463. The van der Waals surface area contributed by atoms with Crippen molar-refractivity contribution in [2.45, 2.75) is 62.5 Å². The number of rotatable bonds is 7. The molecule has 4 aromatic rings. The van der Waals surface area contributed by atoms with Crippen molar-refractivity contribution in [2.75, 3.05) is 6.54 Å². The third kappa shape index (κ3) is 4.87. The van der Waals surface area contributed by atoms with Crippen LogP contribution < -0.4 is 4.74 Å². The Bertz CT molecular complexity index is 1840. The van der Waals surface area contributed by atoms with Gasteiger partial charge in [0, 0.05) is 24.7 Å². The van der Waals surface area contributed by atoms with E-state index < -0.39 is 45.6 Å². The van der Waals surface area contributed by atoms with Gasteiger partial charge in [0.1, 0.15) is 16.3 Å². The Kier molecular flexibility index (Phi) is 6.72. The van der Waals surface area contributed by atoms with Crippen molar-refractivity contribution < 1.29 is 36.2 Å². The van der Waals surface area contributed by atoms with Gasteiger partial charge < -0.3 is 9.84 Å². The lowest BCUT2D eigenvalue weighted by Gasteiger charge is -2.25. The number of benzene rings is 1. The Labute approximate surface area is 238 Å². The highest BCUT2D eigenvalue weighted by Gasteiger charge is 2.52. The molecule has 1 atom stereocenters. The number of halogens is 3. The number of aromatic nitrogens is 4. The minimum atomic E-state index is -4.20. The molecule has 2 aliphatic rings. The maximum absolute atomic E-state index is 14.1. The molecule has 220 valence electrons. The van der Waals surface area contributed by atoms with Gasteiger partial charge in [-0.3, -0.25) is 9.20 Å². The number of hydrogen-bond donors (Lipinski definition) is 1. The molecule has 42 heavy (non-hydrogen) atoms. The molecule has 1 spiro atoms. The second kappa shape index (κ2) is 10.1. The summed E-state index contributed by atoms with van der Waals surface area (Å²) in [5.74, 6) is -3.22. The normalized spacial score (nSPS) is 18.0. The molecule has 10 nitrogen and oxygen atoms in total. The number of nitrogens with zero attached hydrogens (tertiary/aromatic N) is 5. The number of ether oxygens (including phenoxy) is 1. The number of aliphatic carboxylic acids is 1. The number of fused-ring (bicyclic) bond motifs is 2. The Balaban J connectivity index is 1.40. The summed E-state index contributed by atoms with van der Waals surface area (Å²) in [6, 6.07) is 7.79. The predicted molar refractivity (Wildman–Crippen MR) is 142 cm³/mol. The lowest BCUT2D eigenvalue weighted by atomic mass is 9.85. The standard InChI is InChI=1S/C28H26F3N5O5S/c1-15-3-4-17(21(11-23(37)38)20-5-8-36-25(16(20)2)33-34-26(36)24(30)31)9-18(15)13-35-14-28(6-7-28)41-27-22(42(35,39)40)10-19(29)12-32-27/h3-5,8-10,12,21,24H,6-7,11,13-14H2,1-2H3,(H,37,38)/t21-/m1/s1. The lowest BCUT2D eigenvalue weighted by Crippen LogP contribution is -2.38. The highest BCUT2D eigenvalue weighted by molar-refractivity contribution is 7.89. The highest BCUT2D eigenvalue weighted by atomic mass is 32.2. The van der Waals surface area contributed by atoms with Crippen LogP contribution in [0.15, 0.2) is 47.6 Å². The van der Waals surface area contributed by atoms with Gasteiger partial charge in [0.25, 0.3) is 6.43 Å². The van der Waals surface area contributed by atoms with Crippen molar-refractivity contribution in [3.63, 3.8) is 0 Å². The summed E-state index contributed by atoms with van der Waals surface area (Å²) in [6.45, 7) is 3.46. The number of hydrogen-bond acceptors (Lipinski definition) is 7. The van der Waals surface area contributed by atoms with Crippen molar-refractivity contribution in [1.29, 1.82) is 0 Å². The van der Waals surface area contributed by atoms with E-state index in [0.29, 0.717) is 35.1 Å². The molecule has 4 heterocycles. The van der Waals surface area contributed by atoms with Crippen LogP contribution in [0.2, 0.25) is 0 Å². The predicted octanol–water partition coefficient (Wildman–Crippen LogP) is 4.54. The Hall–Kier alpha value is -4.04. The molecule has 1 saturated carbocycles. The van der Waals surface area contributed by atoms with Crippen molar-refractivity contribution in [1.82, 2.24) is 23.9 Å². The van der Waals surface area contributed by atoms with Crippen LogP contribution in [-0.4, -0.2) is 55.5 Å². The Morgan fingerprint density at radius 2 is 1.93 bits per heavy atom. The molecule has 3 aromatic heterocycles. The average molecular weight is 602 g/mol. The fourth-order valence-corrected chi connectivity index (χ4v) is 7.05. The third-order valence-electron chi connectivity index (χ3n) is 7.95. The van der Waals surface area contributed by atoms with Crippen LogP contribution in [0, 0.1) is 19.7 Å². The largest absolute Gasteiger partial charge is 0.481 e. The number of sulfonamides is 1. The summed E-state index contributed by atoms with van der Waals surface area (Å²) >= 11 is 0. The molecule has 1 fully saturated rings. The van der Waals surface area contributed by atoms with Gasteiger partial charge in [-0.1, -0.05) is 18.2 Å². The topological polar surface area (TPSA) is 127 Å². The second-order valence-corrected chi connectivity index (χ2v) is 12.7. The molecular weight excluding hydrogens is 575 g/mol. The molecule has 1 aliphatic carbocycles. The van der Waals surface area contributed by atoms with Crippen molar-refractivity contribution in [3.05, 3.63) is 82.2 Å². The van der Waals surface area contributed by atoms with Crippen molar-refractivity contribution in [3.8, 4) is 5.88 Å². The minimum Gasteiger partial charge on any atom is -0.481 e. The number of carboxylic acids is 1. The van der Waals surface area contributed by atoms with E-state index in [9.17, 15) is 31.5 Å². The summed E-state index contributed by atoms with van der Waals surface area (Å²) in [4.78, 5) is 15.5. The third-order valence-corrected chi connectivity index (χ3v) is 9.74. The molecule has 1 aromatic carbocycles. The van der Waals surface area contributed by atoms with E-state index in [4.69, 9.17) is 4.74 Å². The van der Waals surface area contributed by atoms with Crippen LogP contribution >= 0.6 is 0 Å². The van der Waals surface area contributed by atoms with Gasteiger partial charge in [0.2, 0.25) is 21.7 Å².